The van der Waals surface area contributed by atoms with E-state index in [2.05, 4.69) is 16.1 Å². The zero-order valence-electron chi connectivity index (χ0n) is 7.17. The monoisotopic (exact) mass is 167 g/mol. The van der Waals surface area contributed by atoms with E-state index in [0.717, 1.165) is 19.5 Å². The van der Waals surface area contributed by atoms with Crippen molar-refractivity contribution in [2.45, 2.75) is 6.42 Å². The van der Waals surface area contributed by atoms with E-state index in [1.165, 1.54) is 18.8 Å². The number of hydrogen-bond donors (Lipinski definition) is 1. The highest BCUT2D eigenvalue weighted by molar-refractivity contribution is 5.82. The van der Waals surface area contributed by atoms with E-state index in [4.69, 9.17) is 0 Å². The van der Waals surface area contributed by atoms with Crippen LogP contribution in [0.15, 0.2) is 23.8 Å². The van der Waals surface area contributed by atoms with Gasteiger partial charge in [0.15, 0.2) is 0 Å². The maximum atomic E-state index is 10.7. The predicted octanol–water partition coefficient (Wildman–Crippen LogP) is 0.635. The highest BCUT2D eigenvalue weighted by atomic mass is 16.5. The number of esters is 1. The largest absolute Gasteiger partial charge is 0.466 e. The molecule has 0 saturated heterocycles. The maximum absolute atomic E-state index is 10.7. The Kier molecular flexibility index (Phi) is 3.54. The lowest BCUT2D eigenvalue weighted by Gasteiger charge is -2.09. The Morgan fingerprint density at radius 3 is 3.17 bits per heavy atom. The molecule has 0 spiro atoms. The van der Waals surface area contributed by atoms with Crippen molar-refractivity contribution in [3.05, 3.63) is 23.8 Å². The minimum Gasteiger partial charge on any atom is -0.466 e. The van der Waals surface area contributed by atoms with Crippen molar-refractivity contribution in [3.63, 3.8) is 0 Å². The minimum atomic E-state index is -0.297. The molecule has 0 aliphatic carbocycles. The fourth-order valence-corrected chi connectivity index (χ4v) is 1.03. The van der Waals surface area contributed by atoms with E-state index in [-0.39, 0.29) is 5.97 Å². The van der Waals surface area contributed by atoms with Crippen molar-refractivity contribution in [3.8, 4) is 0 Å². The van der Waals surface area contributed by atoms with Crippen LogP contribution in [-0.2, 0) is 9.53 Å². The third-order valence-electron chi connectivity index (χ3n) is 1.73. The van der Waals surface area contributed by atoms with Crippen molar-refractivity contribution in [1.29, 1.82) is 0 Å². The molecule has 0 unspecified atom stereocenters. The highest BCUT2D eigenvalue weighted by Gasteiger charge is 1.99. The summed E-state index contributed by atoms with van der Waals surface area (Å²) < 4.78 is 4.47. The molecule has 12 heavy (non-hydrogen) atoms. The minimum absolute atomic E-state index is 0.297. The number of nitrogens with one attached hydrogen (secondary N) is 1. The smallest absolute Gasteiger partial charge is 0.330 e. The summed E-state index contributed by atoms with van der Waals surface area (Å²) in [6.45, 7) is 1.87. The lowest BCUT2D eigenvalue weighted by molar-refractivity contribution is -0.134. The molecule has 0 bridgehead atoms. The second kappa shape index (κ2) is 4.72. The van der Waals surface area contributed by atoms with E-state index in [1.54, 1.807) is 0 Å². The van der Waals surface area contributed by atoms with Crippen LogP contribution in [0.1, 0.15) is 6.42 Å². The Hall–Kier alpha value is -1.09. The average Bonchev–Trinajstić information content (AvgIpc) is 2.16. The number of methoxy groups -OCH3 is 1. The van der Waals surface area contributed by atoms with Crippen LogP contribution >= 0.6 is 0 Å². The van der Waals surface area contributed by atoms with Gasteiger partial charge in [-0.2, -0.15) is 0 Å². The number of hydrogen-bond acceptors (Lipinski definition) is 3. The summed E-state index contributed by atoms with van der Waals surface area (Å²) in [7, 11) is 1.38. The molecular formula is C9H13NO2. The van der Waals surface area contributed by atoms with Gasteiger partial charge in [0.25, 0.3) is 0 Å². The van der Waals surface area contributed by atoms with Gasteiger partial charge in [0, 0.05) is 12.6 Å². The molecule has 0 fully saturated rings. The zero-order chi connectivity index (χ0) is 8.81. The van der Waals surface area contributed by atoms with Crippen LogP contribution in [0, 0.1) is 0 Å². The Morgan fingerprint density at radius 1 is 1.75 bits per heavy atom. The lowest BCUT2D eigenvalue weighted by atomic mass is 10.1. The van der Waals surface area contributed by atoms with Crippen LogP contribution in [0.3, 0.4) is 0 Å². The molecule has 0 aromatic heterocycles. The van der Waals surface area contributed by atoms with Gasteiger partial charge >= 0.3 is 5.97 Å². The summed E-state index contributed by atoms with van der Waals surface area (Å²) in [6.07, 6.45) is 6.32. The molecule has 1 N–H and O–H groups in total. The molecule has 0 saturated carbocycles. The molecule has 1 heterocycles. The van der Waals surface area contributed by atoms with Crippen LogP contribution in [0.4, 0.5) is 0 Å². The first-order valence-electron chi connectivity index (χ1n) is 3.98. The van der Waals surface area contributed by atoms with Gasteiger partial charge in [-0.15, -0.1) is 0 Å². The quantitative estimate of drug-likeness (QED) is 0.484. The van der Waals surface area contributed by atoms with Crippen LogP contribution in [0.2, 0.25) is 0 Å². The average molecular weight is 167 g/mol. The van der Waals surface area contributed by atoms with Crippen LogP contribution < -0.4 is 5.32 Å². The van der Waals surface area contributed by atoms with Gasteiger partial charge in [-0.3, -0.25) is 0 Å². The molecule has 1 aliphatic rings. The van der Waals surface area contributed by atoms with E-state index >= 15 is 0 Å². The molecule has 3 nitrogen and oxygen atoms in total. The summed E-state index contributed by atoms with van der Waals surface area (Å²) in [4.78, 5) is 10.7. The zero-order valence-corrected chi connectivity index (χ0v) is 7.17. The van der Waals surface area contributed by atoms with Gasteiger partial charge in [0.2, 0.25) is 0 Å². The molecule has 1 aliphatic heterocycles. The van der Waals surface area contributed by atoms with Gasteiger partial charge in [0.05, 0.1) is 7.11 Å². The van der Waals surface area contributed by atoms with Crippen molar-refractivity contribution in [2.75, 3.05) is 20.2 Å². The summed E-state index contributed by atoms with van der Waals surface area (Å²) in [5.74, 6) is -0.297. The van der Waals surface area contributed by atoms with Crippen molar-refractivity contribution >= 4 is 5.97 Å². The molecule has 3 heteroatoms. The van der Waals surface area contributed by atoms with E-state index in [1.807, 2.05) is 6.08 Å². The highest BCUT2D eigenvalue weighted by Crippen LogP contribution is 2.05. The van der Waals surface area contributed by atoms with Crippen molar-refractivity contribution in [2.24, 2.45) is 0 Å². The second-order valence-corrected chi connectivity index (χ2v) is 2.59. The number of ether oxygens (including phenoxy) is 1. The van der Waals surface area contributed by atoms with Gasteiger partial charge < -0.3 is 10.1 Å². The van der Waals surface area contributed by atoms with E-state index in [9.17, 15) is 4.79 Å². The normalized spacial score (nSPS) is 17.6. The fourth-order valence-electron chi connectivity index (χ4n) is 1.03. The maximum Gasteiger partial charge on any atom is 0.330 e. The van der Waals surface area contributed by atoms with Crippen LogP contribution in [-0.4, -0.2) is 26.2 Å². The van der Waals surface area contributed by atoms with Gasteiger partial charge in [-0.1, -0.05) is 12.2 Å². The van der Waals surface area contributed by atoms with Crippen molar-refractivity contribution < 1.29 is 9.53 Å². The standard InChI is InChI=1S/C9H13NO2/c1-12-9(11)3-2-8-4-6-10-7-5-8/h2-4,10H,5-7H2,1H3/b3-2+. The Balaban J connectivity index is 2.43. The van der Waals surface area contributed by atoms with Gasteiger partial charge in [-0.05, 0) is 18.5 Å². The number of allylic oxidation sites excluding steroid dienone is 1. The van der Waals surface area contributed by atoms with Gasteiger partial charge in [-0.25, -0.2) is 4.79 Å². The van der Waals surface area contributed by atoms with E-state index < -0.39 is 0 Å². The molecule has 0 atom stereocenters. The molecule has 66 valence electrons. The van der Waals surface area contributed by atoms with Crippen LogP contribution in [0.25, 0.3) is 0 Å². The molecule has 0 aromatic carbocycles. The van der Waals surface area contributed by atoms with E-state index in [0.29, 0.717) is 0 Å². The Bertz CT molecular complexity index is 219. The molecule has 1 rings (SSSR count). The summed E-state index contributed by atoms with van der Waals surface area (Å²) in [5, 5.41) is 3.19. The molecular weight excluding hydrogens is 154 g/mol. The number of rotatable bonds is 2. The summed E-state index contributed by atoms with van der Waals surface area (Å²) in [6, 6.07) is 0. The first-order chi connectivity index (χ1) is 5.83. The summed E-state index contributed by atoms with van der Waals surface area (Å²) >= 11 is 0. The molecule has 0 amide bonds. The predicted molar refractivity (Wildman–Crippen MR) is 46.7 cm³/mol. The Labute approximate surface area is 72.1 Å². The fraction of sp³-hybridized carbons (Fsp3) is 0.444. The van der Waals surface area contributed by atoms with Gasteiger partial charge in [0.1, 0.15) is 0 Å². The number of carbonyl (C=O) groups excluding carboxylic acids is 1. The lowest BCUT2D eigenvalue weighted by Crippen LogP contribution is -2.19. The molecule has 0 radical (unpaired) electrons. The second-order valence-electron chi connectivity index (χ2n) is 2.59. The Morgan fingerprint density at radius 2 is 2.58 bits per heavy atom. The first kappa shape index (κ1) is 9.00. The third kappa shape index (κ3) is 2.88. The van der Waals surface area contributed by atoms with Crippen LogP contribution in [0.5, 0.6) is 0 Å². The van der Waals surface area contributed by atoms with Crippen molar-refractivity contribution in [1.82, 2.24) is 5.32 Å². The first-order valence-corrected chi connectivity index (χ1v) is 3.98. The molecule has 0 aromatic rings. The SMILES string of the molecule is COC(=O)/C=C/C1=CCNCC1. The summed E-state index contributed by atoms with van der Waals surface area (Å²) in [5.41, 5.74) is 1.19. The topological polar surface area (TPSA) is 38.3 Å². The number of carbonyl (C=O) groups is 1. The third-order valence-corrected chi connectivity index (χ3v) is 1.73.